The summed E-state index contributed by atoms with van der Waals surface area (Å²) in [4.78, 5) is 17.4. The molecular weight excluding hydrogens is 350 g/mol. The highest BCUT2D eigenvalue weighted by molar-refractivity contribution is 7.92. The summed E-state index contributed by atoms with van der Waals surface area (Å²) < 4.78 is 25.3. The van der Waals surface area contributed by atoms with Gasteiger partial charge in [0.1, 0.15) is 0 Å². The molecule has 3 aliphatic rings. The number of piperazine rings is 1. The van der Waals surface area contributed by atoms with Gasteiger partial charge in [-0.25, -0.2) is 8.42 Å². The van der Waals surface area contributed by atoms with Gasteiger partial charge in [-0.15, -0.1) is 0 Å². The zero-order chi connectivity index (χ0) is 18.3. The summed E-state index contributed by atoms with van der Waals surface area (Å²) in [5, 5.41) is 0. The second kappa shape index (κ2) is 6.85. The Morgan fingerprint density at radius 3 is 2.50 bits per heavy atom. The third-order valence-corrected chi connectivity index (χ3v) is 6.55. The van der Waals surface area contributed by atoms with Crippen molar-refractivity contribution >= 4 is 21.6 Å². The van der Waals surface area contributed by atoms with Gasteiger partial charge in [0.25, 0.3) is 0 Å². The fourth-order valence-corrected chi connectivity index (χ4v) is 4.73. The van der Waals surface area contributed by atoms with Crippen LogP contribution in [0.15, 0.2) is 24.3 Å². The van der Waals surface area contributed by atoms with E-state index < -0.39 is 10.0 Å². The summed E-state index contributed by atoms with van der Waals surface area (Å²) in [5.41, 5.74) is 1.61. The van der Waals surface area contributed by atoms with E-state index in [1.54, 1.807) is 6.07 Å². The van der Waals surface area contributed by atoms with E-state index >= 15 is 0 Å². The lowest BCUT2D eigenvalue weighted by Gasteiger charge is -2.43. The average molecular weight is 378 g/mol. The Hall–Kier alpha value is -1.60. The predicted octanol–water partition coefficient (Wildman–Crippen LogP) is 1.86. The topological polar surface area (TPSA) is 69.7 Å². The van der Waals surface area contributed by atoms with Crippen molar-refractivity contribution in [1.82, 2.24) is 9.80 Å². The SMILES string of the molecule is CS(=O)(=O)Nc1cccc([C@H]2C[C@@H]2C(=O)N2CCN(C3CCC3)CC2)c1. The highest BCUT2D eigenvalue weighted by Gasteiger charge is 2.46. The van der Waals surface area contributed by atoms with Crippen molar-refractivity contribution < 1.29 is 13.2 Å². The third-order valence-electron chi connectivity index (χ3n) is 5.94. The van der Waals surface area contributed by atoms with Crippen LogP contribution in [0.3, 0.4) is 0 Å². The van der Waals surface area contributed by atoms with Crippen molar-refractivity contribution in [3.63, 3.8) is 0 Å². The number of benzene rings is 1. The molecule has 1 aliphatic heterocycles. The molecule has 2 aliphatic carbocycles. The summed E-state index contributed by atoms with van der Waals surface area (Å²) in [6.45, 7) is 3.69. The van der Waals surface area contributed by atoms with Gasteiger partial charge in [0.15, 0.2) is 0 Å². The number of hydrogen-bond acceptors (Lipinski definition) is 4. The molecule has 1 aromatic rings. The van der Waals surface area contributed by atoms with Crippen molar-refractivity contribution in [3.05, 3.63) is 29.8 Å². The highest BCUT2D eigenvalue weighted by atomic mass is 32.2. The van der Waals surface area contributed by atoms with Crippen LogP contribution < -0.4 is 4.72 Å². The number of carbonyl (C=O) groups excluding carboxylic acids is 1. The van der Waals surface area contributed by atoms with Crippen LogP contribution in [0.25, 0.3) is 0 Å². The molecule has 26 heavy (non-hydrogen) atoms. The summed E-state index contributed by atoms with van der Waals surface area (Å²) in [6, 6.07) is 8.18. The average Bonchev–Trinajstić information content (AvgIpc) is 3.32. The van der Waals surface area contributed by atoms with Crippen LogP contribution in [0, 0.1) is 5.92 Å². The predicted molar refractivity (Wildman–Crippen MR) is 102 cm³/mol. The van der Waals surface area contributed by atoms with Crippen molar-refractivity contribution in [2.75, 3.05) is 37.2 Å². The monoisotopic (exact) mass is 377 g/mol. The molecule has 7 heteroatoms. The van der Waals surface area contributed by atoms with Gasteiger partial charge in [-0.05, 0) is 42.9 Å². The van der Waals surface area contributed by atoms with Gasteiger partial charge in [0, 0.05) is 43.8 Å². The fraction of sp³-hybridized carbons (Fsp3) is 0.632. The molecule has 0 spiro atoms. The Bertz CT molecular complexity index is 783. The van der Waals surface area contributed by atoms with Gasteiger partial charge < -0.3 is 4.90 Å². The van der Waals surface area contributed by atoms with E-state index in [2.05, 4.69) is 9.62 Å². The van der Waals surface area contributed by atoms with Gasteiger partial charge in [0.2, 0.25) is 15.9 Å². The molecule has 4 rings (SSSR count). The fourth-order valence-electron chi connectivity index (χ4n) is 4.18. The van der Waals surface area contributed by atoms with Gasteiger partial charge in [0.05, 0.1) is 6.26 Å². The van der Waals surface area contributed by atoms with Gasteiger partial charge in [-0.3, -0.25) is 14.4 Å². The first kappa shape index (κ1) is 17.8. The number of anilines is 1. The van der Waals surface area contributed by atoms with Crippen molar-refractivity contribution in [2.45, 2.75) is 37.6 Å². The molecule has 1 N–H and O–H groups in total. The zero-order valence-corrected chi connectivity index (χ0v) is 16.0. The second-order valence-electron chi connectivity index (χ2n) is 7.89. The molecule has 2 saturated carbocycles. The smallest absolute Gasteiger partial charge is 0.229 e. The summed E-state index contributed by atoms with van der Waals surface area (Å²) in [6.07, 6.45) is 5.99. The number of rotatable bonds is 5. The quantitative estimate of drug-likeness (QED) is 0.850. The highest BCUT2D eigenvalue weighted by Crippen LogP contribution is 2.49. The number of amides is 1. The Labute approximate surface area is 155 Å². The number of nitrogens with zero attached hydrogens (tertiary/aromatic N) is 2. The minimum atomic E-state index is -3.29. The first-order valence-corrected chi connectivity index (χ1v) is 11.4. The lowest BCUT2D eigenvalue weighted by molar-refractivity contribution is -0.135. The van der Waals surface area contributed by atoms with Gasteiger partial charge >= 0.3 is 0 Å². The van der Waals surface area contributed by atoms with Crippen molar-refractivity contribution in [1.29, 1.82) is 0 Å². The summed E-state index contributed by atoms with van der Waals surface area (Å²) in [5.74, 6) is 0.539. The maximum Gasteiger partial charge on any atom is 0.229 e. The van der Waals surface area contributed by atoms with E-state index in [1.165, 1.54) is 19.3 Å². The molecule has 0 aromatic heterocycles. The minimum absolute atomic E-state index is 0.0544. The van der Waals surface area contributed by atoms with Gasteiger partial charge in [-0.1, -0.05) is 18.6 Å². The molecule has 0 unspecified atom stereocenters. The molecule has 3 fully saturated rings. The second-order valence-corrected chi connectivity index (χ2v) is 9.64. The number of sulfonamides is 1. The van der Waals surface area contributed by atoms with E-state index in [0.717, 1.165) is 50.5 Å². The van der Waals surface area contributed by atoms with Crippen molar-refractivity contribution in [2.24, 2.45) is 5.92 Å². The molecule has 0 radical (unpaired) electrons. The Morgan fingerprint density at radius 2 is 1.88 bits per heavy atom. The van der Waals surface area contributed by atoms with Crippen LogP contribution in [0.4, 0.5) is 5.69 Å². The van der Waals surface area contributed by atoms with E-state index in [0.29, 0.717) is 5.69 Å². The first-order valence-electron chi connectivity index (χ1n) is 9.51. The van der Waals surface area contributed by atoms with Crippen LogP contribution in [-0.4, -0.2) is 62.6 Å². The standard InChI is InChI=1S/C19H27N3O3S/c1-26(24,25)20-15-5-2-4-14(12-15)17-13-18(17)19(23)22-10-8-21(9-11-22)16-6-3-7-16/h2,4-5,12,16-18,20H,3,6-11,13H2,1H3/t17-,18+/m1/s1. The molecule has 1 heterocycles. The summed E-state index contributed by atoms with van der Waals surface area (Å²) in [7, 11) is -3.29. The van der Waals surface area contributed by atoms with Crippen molar-refractivity contribution in [3.8, 4) is 0 Å². The van der Waals surface area contributed by atoms with Crippen LogP contribution in [0.1, 0.15) is 37.2 Å². The molecule has 0 bridgehead atoms. The van der Waals surface area contributed by atoms with Crippen LogP contribution >= 0.6 is 0 Å². The maximum absolute atomic E-state index is 12.8. The number of hydrogen-bond donors (Lipinski definition) is 1. The first-order chi connectivity index (χ1) is 12.4. The zero-order valence-electron chi connectivity index (χ0n) is 15.2. The largest absolute Gasteiger partial charge is 0.340 e. The normalized spacial score (nSPS) is 27.0. The molecule has 1 saturated heterocycles. The molecule has 1 aromatic carbocycles. The van der Waals surface area contributed by atoms with E-state index in [1.807, 2.05) is 23.1 Å². The molecular formula is C19H27N3O3S. The lowest BCUT2D eigenvalue weighted by atomic mass is 9.91. The van der Waals surface area contributed by atoms with E-state index in [-0.39, 0.29) is 17.7 Å². The number of carbonyl (C=O) groups is 1. The van der Waals surface area contributed by atoms with Gasteiger partial charge in [-0.2, -0.15) is 0 Å². The Kier molecular flexibility index (Phi) is 4.69. The lowest BCUT2D eigenvalue weighted by Crippen LogP contribution is -2.53. The molecule has 142 valence electrons. The molecule has 6 nitrogen and oxygen atoms in total. The minimum Gasteiger partial charge on any atom is -0.340 e. The molecule has 2 atom stereocenters. The number of nitrogens with one attached hydrogen (secondary N) is 1. The van der Waals surface area contributed by atoms with Crippen LogP contribution in [0.2, 0.25) is 0 Å². The molecule has 1 amide bonds. The van der Waals surface area contributed by atoms with Crippen LogP contribution in [0.5, 0.6) is 0 Å². The van der Waals surface area contributed by atoms with E-state index in [9.17, 15) is 13.2 Å². The maximum atomic E-state index is 12.8. The Morgan fingerprint density at radius 1 is 1.15 bits per heavy atom. The summed E-state index contributed by atoms with van der Waals surface area (Å²) >= 11 is 0. The van der Waals surface area contributed by atoms with E-state index in [4.69, 9.17) is 0 Å². The third kappa shape index (κ3) is 3.88. The Balaban J connectivity index is 1.33. The van der Waals surface area contributed by atoms with Crippen LogP contribution in [-0.2, 0) is 14.8 Å².